The molecule has 5 heteroatoms. The van der Waals surface area contributed by atoms with Gasteiger partial charge in [0.15, 0.2) is 11.6 Å². The summed E-state index contributed by atoms with van der Waals surface area (Å²) in [4.78, 5) is 28.1. The van der Waals surface area contributed by atoms with Crippen molar-refractivity contribution in [1.29, 1.82) is 0 Å². The second-order valence-corrected chi connectivity index (χ2v) is 14.0. The fourth-order valence-corrected chi connectivity index (χ4v) is 6.18. The number of unbranched alkanes of at least 4 members (excludes halogenated alkanes) is 24. The van der Waals surface area contributed by atoms with Crippen LogP contribution in [0.2, 0.25) is 0 Å². The summed E-state index contributed by atoms with van der Waals surface area (Å²) in [5.41, 5.74) is 0. The number of hydrogen-bond donors (Lipinski definition) is 2. The third-order valence-electron chi connectivity index (χ3n) is 9.19. The van der Waals surface area contributed by atoms with E-state index in [4.69, 9.17) is 0 Å². The molecule has 0 aliphatic carbocycles. The molecule has 2 unspecified atom stereocenters. The summed E-state index contributed by atoms with van der Waals surface area (Å²) in [5, 5.41) is 14.2. The first-order valence-electron chi connectivity index (χ1n) is 19.6. The van der Waals surface area contributed by atoms with Gasteiger partial charge >= 0.3 is 0 Å². The van der Waals surface area contributed by atoms with E-state index in [1.807, 2.05) is 14.1 Å². The van der Waals surface area contributed by atoms with Crippen molar-refractivity contribution in [2.75, 3.05) is 27.2 Å². The van der Waals surface area contributed by atoms with Crippen molar-refractivity contribution in [3.8, 4) is 0 Å². The quantitative estimate of drug-likeness (QED) is 0.0680. The highest BCUT2D eigenvalue weighted by Crippen LogP contribution is 2.16. The van der Waals surface area contributed by atoms with Crippen molar-refractivity contribution >= 4 is 11.6 Å². The smallest absolute Gasteiger partial charge is 0.163 e. The third-order valence-corrected chi connectivity index (χ3v) is 9.19. The molecule has 0 heterocycles. The number of Topliss-reactive ketones (excluding diaryl/α,β-unsaturated/α-hetero) is 2. The Balaban J connectivity index is 4.17. The number of nitrogens with zero attached hydrogens (tertiary/aromatic N) is 1. The van der Waals surface area contributed by atoms with Crippen LogP contribution in [0.1, 0.15) is 200 Å². The molecule has 44 heavy (non-hydrogen) atoms. The molecule has 0 bridgehead atoms. The van der Waals surface area contributed by atoms with E-state index in [1.54, 1.807) is 0 Å². The highest BCUT2D eigenvalue weighted by molar-refractivity contribution is 5.93. The highest BCUT2D eigenvalue weighted by Gasteiger charge is 2.30. The van der Waals surface area contributed by atoms with Crippen molar-refractivity contribution in [3.63, 3.8) is 0 Å². The zero-order valence-corrected chi connectivity index (χ0v) is 30.3. The van der Waals surface area contributed by atoms with Crippen LogP contribution in [0.15, 0.2) is 0 Å². The lowest BCUT2D eigenvalue weighted by atomic mass is 9.95. The van der Waals surface area contributed by atoms with Gasteiger partial charge in [-0.25, -0.2) is 0 Å². The van der Waals surface area contributed by atoms with E-state index in [9.17, 15) is 14.7 Å². The molecular formula is C39H78N2O3. The van der Waals surface area contributed by atoms with Gasteiger partial charge in [-0.3, -0.25) is 9.59 Å². The Hall–Kier alpha value is -0.780. The summed E-state index contributed by atoms with van der Waals surface area (Å²) in [6, 6.07) is -0.760. The molecule has 0 aromatic heterocycles. The minimum atomic E-state index is -1.22. The van der Waals surface area contributed by atoms with E-state index >= 15 is 0 Å². The molecule has 0 saturated heterocycles. The number of carbonyl (C=O) groups is 2. The van der Waals surface area contributed by atoms with E-state index in [0.717, 1.165) is 45.1 Å². The van der Waals surface area contributed by atoms with Gasteiger partial charge < -0.3 is 15.3 Å². The lowest BCUT2D eigenvalue weighted by Crippen LogP contribution is -2.50. The van der Waals surface area contributed by atoms with Gasteiger partial charge in [0, 0.05) is 12.8 Å². The fraction of sp³-hybridized carbons (Fsp3) is 0.949. The van der Waals surface area contributed by atoms with Crippen LogP contribution in [0.4, 0.5) is 0 Å². The van der Waals surface area contributed by atoms with Gasteiger partial charge in [-0.15, -0.1) is 0 Å². The molecular weight excluding hydrogens is 544 g/mol. The average Bonchev–Trinajstić information content (AvgIpc) is 3.01. The Bertz CT molecular complexity index is 624. The molecule has 0 aliphatic heterocycles. The zero-order valence-electron chi connectivity index (χ0n) is 30.3. The molecule has 0 radical (unpaired) electrons. The Labute approximate surface area is 275 Å². The maximum Gasteiger partial charge on any atom is 0.163 e. The third kappa shape index (κ3) is 28.7. The zero-order chi connectivity index (χ0) is 32.5. The molecule has 0 aliphatic rings. The number of aliphatic hydroxyl groups is 1. The summed E-state index contributed by atoms with van der Waals surface area (Å²) in [7, 11) is 4.07. The highest BCUT2D eigenvalue weighted by atomic mass is 16.3. The van der Waals surface area contributed by atoms with Gasteiger partial charge in [0.05, 0.1) is 6.04 Å². The largest absolute Gasteiger partial charge is 0.383 e. The first-order chi connectivity index (χ1) is 21.4. The second-order valence-electron chi connectivity index (χ2n) is 14.0. The number of ketones is 2. The summed E-state index contributed by atoms with van der Waals surface area (Å²) in [5.74, 6) is -0.166. The minimum absolute atomic E-state index is 0.00383. The van der Waals surface area contributed by atoms with E-state index in [-0.39, 0.29) is 11.6 Å². The molecule has 0 aromatic rings. The van der Waals surface area contributed by atoms with Gasteiger partial charge in [-0.1, -0.05) is 168 Å². The summed E-state index contributed by atoms with van der Waals surface area (Å²) >= 11 is 0. The first-order valence-corrected chi connectivity index (χ1v) is 19.6. The SMILES string of the molecule is CCCCCCCCCCCCCCCC(=O)C(O)C(NCCCN(C)C)C(=O)CCCCCCCCCCCCCCC. The minimum Gasteiger partial charge on any atom is -0.383 e. The van der Waals surface area contributed by atoms with Gasteiger partial charge in [0.2, 0.25) is 0 Å². The van der Waals surface area contributed by atoms with Crippen molar-refractivity contribution in [2.45, 2.75) is 212 Å². The molecule has 5 nitrogen and oxygen atoms in total. The lowest BCUT2D eigenvalue weighted by Gasteiger charge is -2.23. The molecule has 2 atom stereocenters. The topological polar surface area (TPSA) is 69.6 Å². The van der Waals surface area contributed by atoms with Crippen LogP contribution in [-0.4, -0.2) is 60.9 Å². The van der Waals surface area contributed by atoms with Gasteiger partial charge in [-0.05, 0) is 46.4 Å². The number of rotatable bonds is 36. The predicted octanol–water partition coefficient (Wildman–Crippen LogP) is 10.4. The Morgan fingerprint density at radius 2 is 0.818 bits per heavy atom. The van der Waals surface area contributed by atoms with Crippen LogP contribution in [0.5, 0.6) is 0 Å². The molecule has 0 spiro atoms. The first kappa shape index (κ1) is 43.2. The number of aliphatic hydroxyl groups excluding tert-OH is 1. The number of carbonyl (C=O) groups excluding carboxylic acids is 2. The Kier molecular flexibility index (Phi) is 33.0. The maximum atomic E-state index is 13.1. The second kappa shape index (κ2) is 33.6. The Morgan fingerprint density at radius 3 is 1.16 bits per heavy atom. The molecule has 0 fully saturated rings. The van der Waals surface area contributed by atoms with Crippen LogP contribution < -0.4 is 5.32 Å². The van der Waals surface area contributed by atoms with Crippen LogP contribution in [0, 0.1) is 0 Å². The van der Waals surface area contributed by atoms with E-state index < -0.39 is 12.1 Å². The van der Waals surface area contributed by atoms with Gasteiger partial charge in [-0.2, -0.15) is 0 Å². The molecule has 262 valence electrons. The number of nitrogens with one attached hydrogen (secondary N) is 1. The van der Waals surface area contributed by atoms with Crippen LogP contribution >= 0.6 is 0 Å². The predicted molar refractivity (Wildman–Crippen MR) is 192 cm³/mol. The van der Waals surface area contributed by atoms with Crippen LogP contribution in [-0.2, 0) is 9.59 Å². The monoisotopic (exact) mass is 623 g/mol. The normalized spacial score (nSPS) is 13.0. The van der Waals surface area contributed by atoms with Crippen molar-refractivity contribution < 1.29 is 14.7 Å². The lowest BCUT2D eigenvalue weighted by molar-refractivity contribution is -0.135. The molecule has 0 saturated carbocycles. The summed E-state index contributed by atoms with van der Waals surface area (Å²) < 4.78 is 0. The van der Waals surface area contributed by atoms with Gasteiger partial charge in [0.1, 0.15) is 6.10 Å². The van der Waals surface area contributed by atoms with E-state index in [2.05, 4.69) is 24.1 Å². The molecule has 0 rings (SSSR count). The average molecular weight is 623 g/mol. The maximum absolute atomic E-state index is 13.1. The molecule has 0 amide bonds. The van der Waals surface area contributed by atoms with Crippen molar-refractivity contribution in [3.05, 3.63) is 0 Å². The van der Waals surface area contributed by atoms with Gasteiger partial charge in [0.25, 0.3) is 0 Å². The van der Waals surface area contributed by atoms with Crippen molar-refractivity contribution in [2.24, 2.45) is 0 Å². The molecule has 0 aromatic carbocycles. The molecule has 2 N–H and O–H groups in total. The fourth-order valence-electron chi connectivity index (χ4n) is 6.18. The summed E-state index contributed by atoms with van der Waals surface area (Å²) in [6.07, 6.45) is 33.5. The Morgan fingerprint density at radius 1 is 0.500 bits per heavy atom. The van der Waals surface area contributed by atoms with Crippen molar-refractivity contribution in [1.82, 2.24) is 10.2 Å². The van der Waals surface area contributed by atoms with Crippen LogP contribution in [0.25, 0.3) is 0 Å². The van der Waals surface area contributed by atoms with Crippen LogP contribution in [0.3, 0.4) is 0 Å². The van der Waals surface area contributed by atoms with E-state index in [0.29, 0.717) is 19.4 Å². The summed E-state index contributed by atoms with van der Waals surface area (Å²) in [6.45, 7) is 6.08. The van der Waals surface area contributed by atoms with E-state index in [1.165, 1.54) is 135 Å². The number of hydrogen-bond acceptors (Lipinski definition) is 5. The standard InChI is InChI=1S/C39H78N2O3/c1-5-7-9-11-13-15-17-19-21-23-25-27-29-32-36(42)38(40-34-31-35-41(3)4)39(44)37(43)33-30-28-26-24-22-20-18-16-14-12-10-8-6-2/h38-40,44H,5-35H2,1-4H3.